The Balaban J connectivity index is 2.24. The first-order valence-electron chi connectivity index (χ1n) is 7.41. The van der Waals surface area contributed by atoms with Crippen molar-refractivity contribution in [2.75, 3.05) is 6.61 Å². The first kappa shape index (κ1) is 14.7. The van der Waals surface area contributed by atoms with Crippen LogP contribution in [0.15, 0.2) is 36.4 Å². The molecule has 0 fully saturated rings. The number of benzene rings is 2. The Labute approximate surface area is 120 Å². The van der Waals surface area contributed by atoms with E-state index in [9.17, 15) is 4.79 Å². The van der Waals surface area contributed by atoms with Gasteiger partial charge in [0.05, 0.1) is 0 Å². The lowest BCUT2D eigenvalue weighted by atomic mass is 9.94. The minimum atomic E-state index is 0.266. The average Bonchev–Trinajstić information content (AvgIpc) is 2.49. The van der Waals surface area contributed by atoms with E-state index >= 15 is 0 Å². The van der Waals surface area contributed by atoms with Gasteiger partial charge in [0.15, 0.2) is 0 Å². The van der Waals surface area contributed by atoms with Gasteiger partial charge in [0.2, 0.25) is 0 Å². The molecule has 1 N–H and O–H groups in total. The lowest BCUT2D eigenvalue weighted by Gasteiger charge is -2.11. The molecule has 2 rings (SSSR count). The van der Waals surface area contributed by atoms with Crippen molar-refractivity contribution in [2.24, 2.45) is 0 Å². The minimum absolute atomic E-state index is 0.266. The second kappa shape index (κ2) is 7.81. The monoisotopic (exact) mass is 270 g/mol. The van der Waals surface area contributed by atoms with Crippen molar-refractivity contribution in [2.45, 2.75) is 38.5 Å². The molecule has 20 heavy (non-hydrogen) atoms. The van der Waals surface area contributed by atoms with Gasteiger partial charge in [0.1, 0.15) is 6.29 Å². The van der Waals surface area contributed by atoms with Crippen molar-refractivity contribution in [3.8, 4) is 0 Å². The van der Waals surface area contributed by atoms with E-state index in [4.69, 9.17) is 5.11 Å². The van der Waals surface area contributed by atoms with Gasteiger partial charge in [0, 0.05) is 13.0 Å². The zero-order chi connectivity index (χ0) is 14.2. The molecule has 2 nitrogen and oxygen atoms in total. The van der Waals surface area contributed by atoms with Crippen molar-refractivity contribution in [1.82, 2.24) is 0 Å². The molecule has 2 aromatic rings. The summed E-state index contributed by atoms with van der Waals surface area (Å²) in [6.07, 6.45) is 6.38. The quantitative estimate of drug-likeness (QED) is 0.587. The maximum atomic E-state index is 10.4. The topological polar surface area (TPSA) is 37.3 Å². The molecule has 0 unspecified atom stereocenters. The number of rotatable bonds is 8. The largest absolute Gasteiger partial charge is 0.396 e. The highest BCUT2D eigenvalue weighted by Gasteiger charge is 2.05. The predicted octanol–water partition coefficient (Wildman–Crippen LogP) is 3.68. The second-order valence-electron chi connectivity index (χ2n) is 5.17. The smallest absolute Gasteiger partial charge is 0.120 e. The van der Waals surface area contributed by atoms with Crippen LogP contribution in [0.5, 0.6) is 0 Å². The predicted molar refractivity (Wildman–Crippen MR) is 83.0 cm³/mol. The summed E-state index contributed by atoms with van der Waals surface area (Å²) in [5.41, 5.74) is 2.68. The second-order valence-corrected chi connectivity index (χ2v) is 5.17. The van der Waals surface area contributed by atoms with Crippen molar-refractivity contribution in [3.63, 3.8) is 0 Å². The Kier molecular flexibility index (Phi) is 5.75. The summed E-state index contributed by atoms with van der Waals surface area (Å²) in [4.78, 5) is 10.4. The van der Waals surface area contributed by atoms with Crippen LogP contribution in [0, 0.1) is 0 Å². The molecule has 0 aliphatic heterocycles. The number of unbranched alkanes of at least 4 members (excludes halogenated alkanes) is 2. The van der Waals surface area contributed by atoms with Crippen LogP contribution in [0.1, 0.15) is 36.8 Å². The minimum Gasteiger partial charge on any atom is -0.396 e. The van der Waals surface area contributed by atoms with Crippen LogP contribution >= 0.6 is 0 Å². The van der Waals surface area contributed by atoms with Gasteiger partial charge in [-0.1, -0.05) is 36.4 Å². The normalized spacial score (nSPS) is 10.8. The number of hydrogen-bond donors (Lipinski definition) is 1. The molecule has 2 aromatic carbocycles. The number of aliphatic hydroxyl groups is 1. The lowest BCUT2D eigenvalue weighted by Crippen LogP contribution is -1.94. The van der Waals surface area contributed by atoms with Crippen LogP contribution in [-0.2, 0) is 17.6 Å². The van der Waals surface area contributed by atoms with Crippen LogP contribution in [0.25, 0.3) is 10.8 Å². The fraction of sp³-hybridized carbons (Fsp3) is 0.389. The Bertz CT molecular complexity index is 560. The number of fused-ring (bicyclic) bond motifs is 1. The summed E-state index contributed by atoms with van der Waals surface area (Å²) in [7, 11) is 0. The molecular formula is C18H22O2. The van der Waals surface area contributed by atoms with Gasteiger partial charge in [0.25, 0.3) is 0 Å². The Morgan fingerprint density at radius 1 is 0.850 bits per heavy atom. The number of hydrogen-bond acceptors (Lipinski definition) is 2. The maximum absolute atomic E-state index is 10.4. The molecule has 0 saturated carbocycles. The van der Waals surface area contributed by atoms with Crippen molar-refractivity contribution in [3.05, 3.63) is 47.5 Å². The van der Waals surface area contributed by atoms with Crippen molar-refractivity contribution >= 4 is 17.1 Å². The number of aliphatic hydroxyl groups excluding tert-OH is 1. The first-order valence-corrected chi connectivity index (χ1v) is 7.41. The molecule has 2 heteroatoms. The molecule has 0 radical (unpaired) electrons. The molecule has 0 amide bonds. The summed E-state index contributed by atoms with van der Waals surface area (Å²) in [5.74, 6) is 0. The highest BCUT2D eigenvalue weighted by atomic mass is 16.2. The van der Waals surface area contributed by atoms with Gasteiger partial charge < -0.3 is 9.90 Å². The van der Waals surface area contributed by atoms with Gasteiger partial charge >= 0.3 is 0 Å². The molecule has 0 atom stereocenters. The number of aldehydes is 1. The van der Waals surface area contributed by atoms with E-state index in [1.54, 1.807) is 0 Å². The maximum Gasteiger partial charge on any atom is 0.120 e. The van der Waals surface area contributed by atoms with Crippen LogP contribution in [0.2, 0.25) is 0 Å². The fourth-order valence-corrected chi connectivity index (χ4v) is 2.66. The average molecular weight is 270 g/mol. The van der Waals surface area contributed by atoms with Crippen molar-refractivity contribution in [1.29, 1.82) is 0 Å². The van der Waals surface area contributed by atoms with Gasteiger partial charge in [-0.2, -0.15) is 0 Å². The summed E-state index contributed by atoms with van der Waals surface area (Å²) in [6, 6.07) is 12.9. The van der Waals surface area contributed by atoms with Gasteiger partial charge in [-0.25, -0.2) is 0 Å². The Morgan fingerprint density at radius 3 is 2.00 bits per heavy atom. The number of aryl methyl sites for hydroxylation is 2. The number of carbonyl (C=O) groups is 1. The van der Waals surface area contributed by atoms with Gasteiger partial charge in [-0.3, -0.25) is 0 Å². The summed E-state index contributed by atoms with van der Waals surface area (Å²) < 4.78 is 0. The number of carbonyl (C=O) groups excluding carboxylic acids is 1. The standard InChI is InChI=1S/C18H22O2/c19-13-5-3-7-15-11-12-16(8-4-6-14-20)18-10-2-1-9-17(15)18/h1-2,9-13,20H,3-8,14H2. The third kappa shape index (κ3) is 3.67. The zero-order valence-corrected chi connectivity index (χ0v) is 11.8. The molecular weight excluding hydrogens is 248 g/mol. The SMILES string of the molecule is O=CCCCc1ccc(CCCCO)c2ccccc12. The van der Waals surface area contributed by atoms with E-state index in [1.165, 1.54) is 21.9 Å². The van der Waals surface area contributed by atoms with E-state index in [0.29, 0.717) is 6.42 Å². The molecule has 0 heterocycles. The van der Waals surface area contributed by atoms with E-state index in [-0.39, 0.29) is 6.61 Å². The van der Waals surface area contributed by atoms with E-state index in [2.05, 4.69) is 36.4 Å². The van der Waals surface area contributed by atoms with Gasteiger partial charge in [-0.15, -0.1) is 0 Å². The van der Waals surface area contributed by atoms with E-state index in [1.807, 2.05) is 0 Å². The van der Waals surface area contributed by atoms with E-state index in [0.717, 1.165) is 38.4 Å². The first-order chi connectivity index (χ1) is 9.86. The molecule has 0 aliphatic carbocycles. The Morgan fingerprint density at radius 2 is 1.45 bits per heavy atom. The highest BCUT2D eigenvalue weighted by Crippen LogP contribution is 2.25. The van der Waals surface area contributed by atoms with Gasteiger partial charge in [-0.05, 0) is 54.0 Å². The zero-order valence-electron chi connectivity index (χ0n) is 11.8. The fourth-order valence-electron chi connectivity index (χ4n) is 2.66. The van der Waals surface area contributed by atoms with E-state index < -0.39 is 0 Å². The van der Waals surface area contributed by atoms with Crippen LogP contribution < -0.4 is 0 Å². The molecule has 106 valence electrons. The molecule has 0 aliphatic rings. The Hall–Kier alpha value is -1.67. The van der Waals surface area contributed by atoms with Crippen LogP contribution in [0.4, 0.5) is 0 Å². The van der Waals surface area contributed by atoms with Crippen molar-refractivity contribution < 1.29 is 9.90 Å². The summed E-state index contributed by atoms with van der Waals surface area (Å²) >= 11 is 0. The molecule has 0 spiro atoms. The molecule has 0 aromatic heterocycles. The highest BCUT2D eigenvalue weighted by molar-refractivity contribution is 5.88. The molecule has 0 bridgehead atoms. The van der Waals surface area contributed by atoms with Crippen LogP contribution in [0.3, 0.4) is 0 Å². The summed E-state index contributed by atoms with van der Waals surface area (Å²) in [5, 5.41) is 11.5. The third-order valence-electron chi connectivity index (χ3n) is 3.73. The molecule has 0 saturated heterocycles. The third-order valence-corrected chi connectivity index (χ3v) is 3.73. The van der Waals surface area contributed by atoms with Crippen LogP contribution in [-0.4, -0.2) is 18.0 Å². The lowest BCUT2D eigenvalue weighted by molar-refractivity contribution is -0.107. The summed E-state index contributed by atoms with van der Waals surface area (Å²) in [6.45, 7) is 0.266.